The normalized spacial score (nSPS) is 23.3. The molecule has 0 spiro atoms. The second-order valence-electron chi connectivity index (χ2n) is 19.8. The first-order valence-corrected chi connectivity index (χ1v) is 23.6. The van der Waals surface area contributed by atoms with Crippen molar-refractivity contribution >= 4 is 40.5 Å². The summed E-state index contributed by atoms with van der Waals surface area (Å²) in [6.07, 6.45) is 13.9. The summed E-state index contributed by atoms with van der Waals surface area (Å²) in [7, 11) is 0. The van der Waals surface area contributed by atoms with Crippen LogP contribution in [-0.4, -0.2) is 106 Å². The molecule has 0 saturated carbocycles. The Bertz CT molecular complexity index is 2290. The lowest BCUT2D eigenvalue weighted by atomic mass is 9.78. The molecule has 0 aliphatic carbocycles. The Morgan fingerprint density at radius 2 is 1.14 bits per heavy atom. The summed E-state index contributed by atoms with van der Waals surface area (Å²) in [6, 6.07) is 27.7. The molecule has 3 amide bonds. The van der Waals surface area contributed by atoms with E-state index in [1.54, 1.807) is 4.90 Å². The van der Waals surface area contributed by atoms with Crippen molar-refractivity contribution in [3.05, 3.63) is 108 Å². The van der Waals surface area contributed by atoms with Crippen LogP contribution in [0.3, 0.4) is 0 Å². The fourth-order valence-corrected chi connectivity index (χ4v) is 10.7. The van der Waals surface area contributed by atoms with Crippen molar-refractivity contribution in [2.75, 3.05) is 39.3 Å². The second kappa shape index (κ2) is 18.0. The molecule has 10 nitrogen and oxygen atoms in total. The van der Waals surface area contributed by atoms with E-state index in [1.807, 2.05) is 39.2 Å². The summed E-state index contributed by atoms with van der Waals surface area (Å²) < 4.78 is 5.59. The molecule has 0 aromatic heterocycles. The lowest BCUT2D eigenvalue weighted by molar-refractivity contribution is -0.143. The van der Waals surface area contributed by atoms with E-state index in [9.17, 15) is 14.4 Å². The van der Waals surface area contributed by atoms with E-state index in [2.05, 4.69) is 94.4 Å². The molecule has 9 rings (SSSR count). The second-order valence-corrected chi connectivity index (χ2v) is 19.8. The Morgan fingerprint density at radius 3 is 1.68 bits per heavy atom. The number of hydrogen-bond acceptors (Lipinski definition) is 7. The van der Waals surface area contributed by atoms with Gasteiger partial charge in [-0.1, -0.05) is 92.2 Å². The molecule has 0 unspecified atom stereocenters. The van der Waals surface area contributed by atoms with E-state index < -0.39 is 11.0 Å². The first-order chi connectivity index (χ1) is 30.4. The Morgan fingerprint density at radius 1 is 0.635 bits per heavy atom. The third-order valence-electron chi connectivity index (χ3n) is 14.3. The maximum Gasteiger partial charge on any atom is 0.410 e. The zero-order chi connectivity index (χ0) is 43.7. The number of ether oxygens (including phenoxy) is 1. The van der Waals surface area contributed by atoms with Crippen LogP contribution in [0.5, 0.6) is 0 Å². The van der Waals surface area contributed by atoms with Crippen molar-refractivity contribution in [1.29, 1.82) is 0 Å². The number of nitrogens with zero attached hydrogens (tertiary/aromatic N) is 6. The quantitative estimate of drug-likeness (QED) is 0.214. The van der Waals surface area contributed by atoms with Crippen LogP contribution in [-0.2, 0) is 14.3 Å². The summed E-state index contributed by atoms with van der Waals surface area (Å²) in [5.41, 5.74) is 9.23. The molecule has 0 radical (unpaired) electrons. The van der Waals surface area contributed by atoms with Crippen molar-refractivity contribution in [1.82, 2.24) is 19.6 Å². The largest absolute Gasteiger partial charge is 0.444 e. The maximum absolute atomic E-state index is 14.4. The van der Waals surface area contributed by atoms with Gasteiger partial charge in [-0.15, -0.1) is 0 Å². The Hall–Kier alpha value is -5.35. The first kappa shape index (κ1) is 42.9. The summed E-state index contributed by atoms with van der Waals surface area (Å²) in [6.45, 7) is 12.2. The molecule has 330 valence electrons. The summed E-state index contributed by atoms with van der Waals surface area (Å²) in [4.78, 5) is 59.5. The molecule has 6 aliphatic rings. The van der Waals surface area contributed by atoms with Crippen LogP contribution in [0.2, 0.25) is 0 Å². The number of allylic oxidation sites excluding steroid dienone is 2. The molecule has 10 heteroatoms. The Labute approximate surface area is 373 Å². The number of aliphatic imine (C=N–C) groups is 2. The van der Waals surface area contributed by atoms with Gasteiger partial charge in [0.25, 0.3) is 0 Å². The van der Waals surface area contributed by atoms with Gasteiger partial charge < -0.3 is 19.4 Å². The lowest BCUT2D eigenvalue weighted by Crippen LogP contribution is -2.52. The van der Waals surface area contributed by atoms with Crippen LogP contribution in [0, 0.1) is 5.41 Å². The van der Waals surface area contributed by atoms with Crippen LogP contribution >= 0.6 is 0 Å². The van der Waals surface area contributed by atoms with Gasteiger partial charge in [-0.25, -0.2) is 4.79 Å². The number of rotatable bonds is 9. The van der Waals surface area contributed by atoms with Crippen molar-refractivity contribution in [3.8, 4) is 11.1 Å². The number of carbonyl (C=O) groups is 3. The van der Waals surface area contributed by atoms with Crippen LogP contribution in [0.4, 0.5) is 4.79 Å². The van der Waals surface area contributed by atoms with E-state index in [4.69, 9.17) is 14.7 Å². The van der Waals surface area contributed by atoms with Gasteiger partial charge in [0.1, 0.15) is 11.6 Å². The van der Waals surface area contributed by atoms with Gasteiger partial charge in [-0.2, -0.15) is 0 Å². The highest BCUT2D eigenvalue weighted by atomic mass is 16.6. The predicted molar refractivity (Wildman–Crippen MR) is 251 cm³/mol. The van der Waals surface area contributed by atoms with Crippen molar-refractivity contribution in [2.45, 2.75) is 122 Å². The maximum atomic E-state index is 14.4. The number of piperidine rings is 2. The van der Waals surface area contributed by atoms with E-state index in [-0.39, 0.29) is 36.0 Å². The van der Waals surface area contributed by atoms with Crippen LogP contribution in [0.1, 0.15) is 121 Å². The molecule has 0 N–H and O–H groups in total. The summed E-state index contributed by atoms with van der Waals surface area (Å²) in [5, 5.41) is 0. The molecule has 4 saturated heterocycles. The molecule has 0 bridgehead atoms. The number of amides is 3. The third kappa shape index (κ3) is 9.19. The van der Waals surface area contributed by atoms with Crippen molar-refractivity contribution in [2.24, 2.45) is 15.4 Å². The summed E-state index contributed by atoms with van der Waals surface area (Å²) in [5.74, 6) is 0.410. The topological polar surface area (TPSA) is 98.1 Å². The highest BCUT2D eigenvalue weighted by molar-refractivity contribution is 6.05. The van der Waals surface area contributed by atoms with Gasteiger partial charge in [0.15, 0.2) is 0 Å². The third-order valence-corrected chi connectivity index (χ3v) is 14.3. The minimum Gasteiger partial charge on any atom is -0.444 e. The number of hydrogen-bond donors (Lipinski definition) is 0. The van der Waals surface area contributed by atoms with E-state index >= 15 is 0 Å². The molecule has 6 aliphatic heterocycles. The monoisotopic (exact) mass is 848 g/mol. The van der Waals surface area contributed by atoms with Gasteiger partial charge in [0, 0.05) is 68.3 Å². The molecule has 3 aromatic carbocycles. The standard InChI is InChI=1S/C53H64N6O4/c1-52(2,3)63-51(62)57-31-25-53(4,26-32-57)50(61)59-30-12-16-47(59)45-34-43(36-55-45)40-23-19-38(20-24-40)37-17-21-39(22-18-37)42-33-44(54-35-42)46-15-11-29-58(46)49(60)48(41-13-7-5-8-14-41)56-27-9-6-10-28-56/h5,7-8,13-14,17-24,35-36,46-48H,6,9-12,15-16,25-34H2,1-4H3/t46-,47-,48+/m0/s1. The number of likely N-dealkylation sites (tertiary alicyclic amines) is 4. The molecule has 4 fully saturated rings. The zero-order valence-corrected chi connectivity index (χ0v) is 37.7. The van der Waals surface area contributed by atoms with Crippen molar-refractivity contribution < 1.29 is 19.1 Å². The molecular formula is C53H64N6O4. The molecule has 63 heavy (non-hydrogen) atoms. The number of benzene rings is 3. The Kier molecular flexibility index (Phi) is 12.3. The molecule has 6 heterocycles. The van der Waals surface area contributed by atoms with E-state index in [1.165, 1.54) is 23.1 Å². The molecular weight excluding hydrogens is 785 g/mol. The zero-order valence-electron chi connectivity index (χ0n) is 37.7. The van der Waals surface area contributed by atoms with Crippen molar-refractivity contribution in [3.63, 3.8) is 0 Å². The van der Waals surface area contributed by atoms with Gasteiger partial charge in [-0.05, 0) is 124 Å². The smallest absolute Gasteiger partial charge is 0.410 e. The fourth-order valence-electron chi connectivity index (χ4n) is 10.7. The van der Waals surface area contributed by atoms with Gasteiger partial charge >= 0.3 is 6.09 Å². The highest BCUT2D eigenvalue weighted by Gasteiger charge is 2.45. The van der Waals surface area contributed by atoms with E-state index in [0.29, 0.717) is 25.9 Å². The van der Waals surface area contributed by atoms with Crippen LogP contribution in [0.15, 0.2) is 101 Å². The first-order valence-electron chi connectivity index (χ1n) is 23.6. The van der Waals surface area contributed by atoms with Gasteiger partial charge in [0.05, 0.1) is 12.1 Å². The van der Waals surface area contributed by atoms with E-state index in [0.717, 1.165) is 111 Å². The lowest BCUT2D eigenvalue weighted by Gasteiger charge is -2.41. The van der Waals surface area contributed by atoms with Gasteiger partial charge in [-0.3, -0.25) is 24.5 Å². The number of carbonyl (C=O) groups excluding carboxylic acids is 3. The highest BCUT2D eigenvalue weighted by Crippen LogP contribution is 2.39. The average Bonchev–Trinajstić information content (AvgIpc) is 4.14. The summed E-state index contributed by atoms with van der Waals surface area (Å²) >= 11 is 0. The Balaban J connectivity index is 0.782. The van der Waals surface area contributed by atoms with Crippen LogP contribution < -0.4 is 0 Å². The average molecular weight is 849 g/mol. The van der Waals surface area contributed by atoms with Gasteiger partial charge in [0.2, 0.25) is 11.8 Å². The molecule has 3 aromatic rings. The fraction of sp³-hybridized carbons (Fsp3) is 0.491. The SMILES string of the molecule is CC(C)(C)OC(=O)N1CCC(C)(C(=O)N2CCC[C@H]2C2=NC=C(c3ccc(-c4ccc(C5=CN=C([C@@H]6CCCN6C(=O)[C@@H](c6ccccc6)N6CCCCC6)C5)cc4)cc3)C2)CC1. The van der Waals surface area contributed by atoms with Crippen LogP contribution in [0.25, 0.3) is 22.3 Å². The predicted octanol–water partition coefficient (Wildman–Crippen LogP) is 9.97. The minimum absolute atomic E-state index is 0.0113. The molecule has 3 atom stereocenters. The minimum atomic E-state index is -0.541.